The Morgan fingerprint density at radius 3 is 2.57 bits per heavy atom. The molecule has 23 heavy (non-hydrogen) atoms. The number of hydrogen-bond acceptors (Lipinski definition) is 3. The van der Waals surface area contributed by atoms with Crippen LogP contribution >= 0.6 is 15.9 Å². The lowest BCUT2D eigenvalue weighted by molar-refractivity contribution is 0.601. The summed E-state index contributed by atoms with van der Waals surface area (Å²) in [6.07, 6.45) is 1.47. The monoisotopic (exact) mass is 387 g/mol. The van der Waals surface area contributed by atoms with Gasteiger partial charge in [0.05, 0.1) is 28.9 Å². The Morgan fingerprint density at radius 1 is 1.13 bits per heavy atom. The maximum atomic E-state index is 12.4. The van der Waals surface area contributed by atoms with Crippen molar-refractivity contribution in [1.29, 1.82) is 0 Å². The number of fused-ring (bicyclic) bond motifs is 1. The molecule has 0 bridgehead atoms. The van der Waals surface area contributed by atoms with Gasteiger partial charge in [0.25, 0.3) is 10.0 Å². The smallest absolute Gasteiger partial charge is 0.261 e. The van der Waals surface area contributed by atoms with Crippen LogP contribution in [0.25, 0.3) is 15.7 Å². The van der Waals surface area contributed by atoms with E-state index < -0.39 is 10.0 Å². The van der Waals surface area contributed by atoms with Gasteiger partial charge in [-0.25, -0.2) is 13.3 Å². The molecule has 1 N–H and O–H groups in total. The van der Waals surface area contributed by atoms with E-state index in [0.29, 0.717) is 11.4 Å². The quantitative estimate of drug-likeness (QED) is 0.679. The summed E-state index contributed by atoms with van der Waals surface area (Å²) in [7, 11) is -3.72. The molecule has 0 radical (unpaired) electrons. The Labute approximate surface area is 142 Å². The zero-order valence-electron chi connectivity index (χ0n) is 11.7. The molecule has 3 aromatic rings. The van der Waals surface area contributed by atoms with Gasteiger partial charge in [-0.15, -0.1) is 0 Å². The molecule has 7 heteroatoms. The summed E-state index contributed by atoms with van der Waals surface area (Å²) >= 11 is 3.41. The minimum absolute atomic E-state index is 0.0965. The SMILES string of the molecule is [C-]#[N+]c1ccc(S(=O)(=O)Nc2cnc3c(Br)cccc3c2)cc1. The van der Waals surface area contributed by atoms with Crippen LogP contribution in [0.15, 0.2) is 64.1 Å². The molecule has 0 saturated carbocycles. The second-order valence-corrected chi connectivity index (χ2v) is 7.28. The minimum Gasteiger partial charge on any atom is -0.278 e. The number of para-hydroxylation sites is 1. The van der Waals surface area contributed by atoms with Crippen LogP contribution in [0.5, 0.6) is 0 Å². The molecular formula is C16H10BrN3O2S. The van der Waals surface area contributed by atoms with Crippen molar-refractivity contribution in [1.82, 2.24) is 4.98 Å². The van der Waals surface area contributed by atoms with Gasteiger partial charge < -0.3 is 0 Å². The molecule has 5 nitrogen and oxygen atoms in total. The third kappa shape index (κ3) is 3.18. The van der Waals surface area contributed by atoms with Crippen LogP contribution in [0.3, 0.4) is 0 Å². The summed E-state index contributed by atoms with van der Waals surface area (Å²) in [5.41, 5.74) is 1.53. The number of rotatable bonds is 3. The molecule has 0 amide bonds. The summed E-state index contributed by atoms with van der Waals surface area (Å²) in [5.74, 6) is 0. The molecule has 0 aliphatic carbocycles. The van der Waals surface area contributed by atoms with Crippen LogP contribution in [0.4, 0.5) is 11.4 Å². The van der Waals surface area contributed by atoms with Gasteiger partial charge in [0.15, 0.2) is 5.69 Å². The fourth-order valence-electron chi connectivity index (χ4n) is 2.09. The van der Waals surface area contributed by atoms with Crippen molar-refractivity contribution in [2.45, 2.75) is 4.90 Å². The predicted octanol–water partition coefficient (Wildman–Crippen LogP) is 4.35. The molecular weight excluding hydrogens is 378 g/mol. The molecule has 0 fully saturated rings. The highest BCUT2D eigenvalue weighted by atomic mass is 79.9. The van der Waals surface area contributed by atoms with E-state index in [4.69, 9.17) is 6.57 Å². The van der Waals surface area contributed by atoms with Gasteiger partial charge in [-0.3, -0.25) is 9.71 Å². The normalized spacial score (nSPS) is 11.1. The number of pyridine rings is 1. The van der Waals surface area contributed by atoms with Crippen LogP contribution in [-0.4, -0.2) is 13.4 Å². The van der Waals surface area contributed by atoms with Crippen molar-refractivity contribution in [2.75, 3.05) is 4.72 Å². The van der Waals surface area contributed by atoms with Crippen molar-refractivity contribution in [3.63, 3.8) is 0 Å². The third-order valence-corrected chi connectivity index (χ3v) is 5.23. The molecule has 3 rings (SSSR count). The topological polar surface area (TPSA) is 63.4 Å². The Bertz CT molecular complexity index is 1030. The number of sulfonamides is 1. The molecule has 0 aliphatic rings. The van der Waals surface area contributed by atoms with Crippen molar-refractivity contribution >= 4 is 48.2 Å². The first-order chi connectivity index (χ1) is 11.0. The maximum Gasteiger partial charge on any atom is 0.261 e. The lowest BCUT2D eigenvalue weighted by Crippen LogP contribution is -2.12. The average molecular weight is 388 g/mol. The Morgan fingerprint density at radius 2 is 1.87 bits per heavy atom. The zero-order valence-corrected chi connectivity index (χ0v) is 14.1. The van der Waals surface area contributed by atoms with Crippen LogP contribution < -0.4 is 4.72 Å². The Balaban J connectivity index is 1.95. The Hall–Kier alpha value is -2.43. The van der Waals surface area contributed by atoms with Crippen molar-refractivity contribution in [2.24, 2.45) is 0 Å². The highest BCUT2D eigenvalue weighted by molar-refractivity contribution is 9.10. The second kappa shape index (κ2) is 5.99. The lowest BCUT2D eigenvalue weighted by Gasteiger charge is -2.09. The summed E-state index contributed by atoms with van der Waals surface area (Å²) in [4.78, 5) is 7.61. The number of halogens is 1. The summed E-state index contributed by atoms with van der Waals surface area (Å²) in [6.45, 7) is 6.89. The first kappa shape index (κ1) is 15.5. The van der Waals surface area contributed by atoms with Gasteiger partial charge in [0, 0.05) is 9.86 Å². The molecule has 1 aromatic heterocycles. The highest BCUT2D eigenvalue weighted by Crippen LogP contribution is 2.25. The number of nitrogens with zero attached hydrogens (tertiary/aromatic N) is 2. The molecule has 0 saturated heterocycles. The largest absolute Gasteiger partial charge is 0.278 e. The van der Waals surface area contributed by atoms with Gasteiger partial charge in [-0.05, 0) is 28.1 Å². The zero-order chi connectivity index (χ0) is 16.4. The molecule has 0 spiro atoms. The highest BCUT2D eigenvalue weighted by Gasteiger charge is 2.14. The van der Waals surface area contributed by atoms with Crippen LogP contribution in [0.1, 0.15) is 0 Å². The predicted molar refractivity (Wildman–Crippen MR) is 93.0 cm³/mol. The number of nitrogens with one attached hydrogen (secondary N) is 1. The van der Waals surface area contributed by atoms with E-state index in [2.05, 4.69) is 30.5 Å². The Kier molecular flexibility index (Phi) is 4.03. The number of aromatic nitrogens is 1. The van der Waals surface area contributed by atoms with Gasteiger partial charge in [0.2, 0.25) is 0 Å². The van der Waals surface area contributed by atoms with E-state index >= 15 is 0 Å². The van der Waals surface area contributed by atoms with E-state index in [9.17, 15) is 8.42 Å². The van der Waals surface area contributed by atoms with Crippen molar-refractivity contribution in [3.8, 4) is 0 Å². The molecule has 114 valence electrons. The van der Waals surface area contributed by atoms with E-state index in [-0.39, 0.29) is 4.90 Å². The fourth-order valence-corrected chi connectivity index (χ4v) is 3.61. The molecule has 0 atom stereocenters. The first-order valence-corrected chi connectivity index (χ1v) is 8.82. The fraction of sp³-hybridized carbons (Fsp3) is 0. The average Bonchev–Trinajstić information content (AvgIpc) is 2.54. The summed E-state index contributed by atoms with van der Waals surface area (Å²) < 4.78 is 28.1. The van der Waals surface area contributed by atoms with E-state index in [1.165, 1.54) is 30.5 Å². The van der Waals surface area contributed by atoms with Crippen molar-refractivity contribution < 1.29 is 8.42 Å². The molecule has 2 aromatic carbocycles. The van der Waals surface area contributed by atoms with Gasteiger partial charge >= 0.3 is 0 Å². The van der Waals surface area contributed by atoms with Gasteiger partial charge in [-0.1, -0.05) is 36.4 Å². The van der Waals surface area contributed by atoms with E-state index in [0.717, 1.165) is 15.4 Å². The maximum absolute atomic E-state index is 12.4. The molecule has 0 unspecified atom stereocenters. The van der Waals surface area contributed by atoms with Crippen LogP contribution in [0.2, 0.25) is 0 Å². The van der Waals surface area contributed by atoms with Crippen LogP contribution in [-0.2, 0) is 10.0 Å². The minimum atomic E-state index is -3.72. The van der Waals surface area contributed by atoms with Gasteiger partial charge in [-0.2, -0.15) is 0 Å². The summed E-state index contributed by atoms with van der Waals surface area (Å²) in [5, 5.41) is 0.822. The molecule has 0 aliphatic heterocycles. The summed E-state index contributed by atoms with van der Waals surface area (Å²) in [6, 6.07) is 13.1. The number of hydrogen-bond donors (Lipinski definition) is 1. The van der Waals surface area contributed by atoms with E-state index in [1.54, 1.807) is 6.07 Å². The number of anilines is 1. The van der Waals surface area contributed by atoms with E-state index in [1.807, 2.05) is 18.2 Å². The van der Waals surface area contributed by atoms with Crippen LogP contribution in [0, 0.1) is 6.57 Å². The van der Waals surface area contributed by atoms with Crippen molar-refractivity contribution in [3.05, 3.63) is 70.6 Å². The lowest BCUT2D eigenvalue weighted by atomic mass is 10.2. The number of benzene rings is 2. The third-order valence-electron chi connectivity index (χ3n) is 3.19. The first-order valence-electron chi connectivity index (χ1n) is 6.54. The standard InChI is InChI=1S/C16H10BrN3O2S/c1-18-12-5-7-14(8-6-12)23(21,22)20-13-9-11-3-2-4-15(17)16(11)19-10-13/h2-10,20H. The molecule has 1 heterocycles. The van der Waals surface area contributed by atoms with Gasteiger partial charge in [0.1, 0.15) is 0 Å². The second-order valence-electron chi connectivity index (χ2n) is 4.75.